The molecule has 0 heterocycles. The van der Waals surface area contributed by atoms with Gasteiger partial charge in [-0.05, 0) is 57.9 Å². The summed E-state index contributed by atoms with van der Waals surface area (Å²) in [6.45, 7) is 14.1. The zero-order chi connectivity index (χ0) is 14.5. The molecule has 0 aromatic carbocycles. The van der Waals surface area contributed by atoms with Crippen LogP contribution in [-0.4, -0.2) is 37.1 Å². The van der Waals surface area contributed by atoms with E-state index in [1.807, 2.05) is 0 Å². The minimum absolute atomic E-state index is 0.544. The summed E-state index contributed by atoms with van der Waals surface area (Å²) in [5.74, 6) is 0.939. The molecule has 0 amide bonds. The van der Waals surface area contributed by atoms with Crippen LogP contribution >= 0.6 is 0 Å². The summed E-state index contributed by atoms with van der Waals surface area (Å²) in [6.07, 6.45) is 6.89. The second-order valence-corrected chi connectivity index (χ2v) is 7.42. The molecular formula is C17H36N2. The lowest BCUT2D eigenvalue weighted by atomic mass is 9.69. The zero-order valence-corrected chi connectivity index (χ0v) is 14.1. The van der Waals surface area contributed by atoms with Crippen LogP contribution in [0.5, 0.6) is 0 Å². The Morgan fingerprint density at radius 3 is 2.21 bits per heavy atom. The summed E-state index contributed by atoms with van der Waals surface area (Å²) >= 11 is 0. The highest BCUT2D eigenvalue weighted by Crippen LogP contribution is 2.40. The first-order valence-corrected chi connectivity index (χ1v) is 8.30. The van der Waals surface area contributed by atoms with Crippen LogP contribution in [0.15, 0.2) is 0 Å². The van der Waals surface area contributed by atoms with Gasteiger partial charge in [-0.2, -0.15) is 0 Å². The van der Waals surface area contributed by atoms with Crippen molar-refractivity contribution in [2.45, 2.75) is 78.8 Å². The molecule has 0 saturated heterocycles. The zero-order valence-electron chi connectivity index (χ0n) is 14.1. The summed E-state index contributed by atoms with van der Waals surface area (Å²) in [6, 6.07) is 1.42. The molecule has 0 aromatic rings. The standard InChI is InChI=1S/C17H36N2/c1-7-17(4,5)15-8-10-16(11-9-15)18-12-13-19(6)14(2)3/h14-16,18H,7-13H2,1-6H3. The lowest BCUT2D eigenvalue weighted by Gasteiger charge is -2.39. The fraction of sp³-hybridized carbons (Fsp3) is 1.00. The highest BCUT2D eigenvalue weighted by molar-refractivity contribution is 4.85. The Bertz CT molecular complexity index is 240. The first kappa shape index (κ1) is 17.0. The van der Waals surface area contributed by atoms with Gasteiger partial charge in [-0.3, -0.25) is 0 Å². The van der Waals surface area contributed by atoms with Gasteiger partial charge in [0.15, 0.2) is 0 Å². The van der Waals surface area contributed by atoms with Crippen molar-refractivity contribution < 1.29 is 0 Å². The van der Waals surface area contributed by atoms with Crippen molar-refractivity contribution in [1.29, 1.82) is 0 Å². The highest BCUT2D eigenvalue weighted by Gasteiger charge is 2.31. The minimum atomic E-state index is 0.544. The van der Waals surface area contributed by atoms with Crippen LogP contribution in [0.3, 0.4) is 0 Å². The van der Waals surface area contributed by atoms with Gasteiger partial charge in [0, 0.05) is 25.2 Å². The quantitative estimate of drug-likeness (QED) is 0.753. The average molecular weight is 268 g/mol. The number of rotatable bonds is 7. The first-order chi connectivity index (χ1) is 8.86. The second-order valence-electron chi connectivity index (χ2n) is 7.42. The molecule has 114 valence electrons. The number of nitrogens with zero attached hydrogens (tertiary/aromatic N) is 1. The van der Waals surface area contributed by atoms with E-state index in [4.69, 9.17) is 0 Å². The van der Waals surface area contributed by atoms with Crippen molar-refractivity contribution in [1.82, 2.24) is 10.2 Å². The molecule has 1 aliphatic carbocycles. The van der Waals surface area contributed by atoms with Gasteiger partial charge in [0.25, 0.3) is 0 Å². The summed E-state index contributed by atoms with van der Waals surface area (Å²) in [5, 5.41) is 3.76. The van der Waals surface area contributed by atoms with E-state index in [1.165, 1.54) is 32.1 Å². The molecule has 0 atom stereocenters. The van der Waals surface area contributed by atoms with E-state index >= 15 is 0 Å². The number of hydrogen-bond acceptors (Lipinski definition) is 2. The van der Waals surface area contributed by atoms with Gasteiger partial charge < -0.3 is 10.2 Å². The molecule has 1 rings (SSSR count). The predicted molar refractivity (Wildman–Crippen MR) is 85.6 cm³/mol. The molecule has 1 N–H and O–H groups in total. The Morgan fingerprint density at radius 2 is 1.74 bits per heavy atom. The van der Waals surface area contributed by atoms with Crippen molar-refractivity contribution in [3.05, 3.63) is 0 Å². The summed E-state index contributed by atoms with van der Waals surface area (Å²) in [4.78, 5) is 2.42. The van der Waals surface area contributed by atoms with Crippen LogP contribution in [0, 0.1) is 11.3 Å². The van der Waals surface area contributed by atoms with Crippen LogP contribution in [-0.2, 0) is 0 Å². The maximum absolute atomic E-state index is 3.76. The maximum atomic E-state index is 3.76. The molecule has 0 spiro atoms. The third kappa shape index (κ3) is 5.43. The van der Waals surface area contributed by atoms with Crippen molar-refractivity contribution in [2.24, 2.45) is 11.3 Å². The number of likely N-dealkylation sites (N-methyl/N-ethyl adjacent to an activating group) is 1. The minimum Gasteiger partial charge on any atom is -0.313 e. The fourth-order valence-electron chi connectivity index (χ4n) is 3.07. The third-order valence-electron chi connectivity index (χ3n) is 5.52. The Balaban J connectivity index is 2.20. The predicted octanol–water partition coefficient (Wildman–Crippen LogP) is 3.91. The van der Waals surface area contributed by atoms with Gasteiger partial charge >= 0.3 is 0 Å². The van der Waals surface area contributed by atoms with Crippen LogP contribution in [0.2, 0.25) is 0 Å². The van der Waals surface area contributed by atoms with Crippen LogP contribution in [0.4, 0.5) is 0 Å². The lowest BCUT2D eigenvalue weighted by molar-refractivity contribution is 0.136. The molecule has 19 heavy (non-hydrogen) atoms. The molecule has 0 unspecified atom stereocenters. The van der Waals surface area contributed by atoms with Gasteiger partial charge in [0.1, 0.15) is 0 Å². The van der Waals surface area contributed by atoms with E-state index in [2.05, 4.69) is 51.9 Å². The Hall–Kier alpha value is -0.0800. The Labute approximate surface area is 121 Å². The molecule has 0 aromatic heterocycles. The average Bonchev–Trinajstić information content (AvgIpc) is 2.39. The van der Waals surface area contributed by atoms with E-state index in [-0.39, 0.29) is 0 Å². The summed E-state index contributed by atoms with van der Waals surface area (Å²) in [5.41, 5.74) is 0.544. The van der Waals surface area contributed by atoms with Gasteiger partial charge in [-0.15, -0.1) is 0 Å². The first-order valence-electron chi connectivity index (χ1n) is 8.30. The monoisotopic (exact) mass is 268 g/mol. The molecule has 0 radical (unpaired) electrons. The lowest BCUT2D eigenvalue weighted by Crippen LogP contribution is -2.41. The topological polar surface area (TPSA) is 15.3 Å². The van der Waals surface area contributed by atoms with E-state index < -0.39 is 0 Å². The number of hydrogen-bond donors (Lipinski definition) is 1. The Kier molecular flexibility index (Phi) is 6.82. The van der Waals surface area contributed by atoms with E-state index in [9.17, 15) is 0 Å². The van der Waals surface area contributed by atoms with Crippen molar-refractivity contribution >= 4 is 0 Å². The van der Waals surface area contributed by atoms with Crippen LogP contribution in [0.25, 0.3) is 0 Å². The van der Waals surface area contributed by atoms with Gasteiger partial charge in [0.2, 0.25) is 0 Å². The van der Waals surface area contributed by atoms with Crippen molar-refractivity contribution in [3.63, 3.8) is 0 Å². The maximum Gasteiger partial charge on any atom is 0.0107 e. The normalized spacial score (nSPS) is 25.3. The smallest absolute Gasteiger partial charge is 0.0107 e. The summed E-state index contributed by atoms with van der Waals surface area (Å²) in [7, 11) is 2.22. The summed E-state index contributed by atoms with van der Waals surface area (Å²) < 4.78 is 0. The molecule has 0 aliphatic heterocycles. The van der Waals surface area contributed by atoms with E-state index in [0.717, 1.165) is 25.0 Å². The third-order valence-corrected chi connectivity index (χ3v) is 5.52. The molecule has 1 saturated carbocycles. The molecule has 1 fully saturated rings. The molecule has 2 heteroatoms. The van der Waals surface area contributed by atoms with Crippen molar-refractivity contribution in [3.8, 4) is 0 Å². The van der Waals surface area contributed by atoms with Crippen LogP contribution in [0.1, 0.15) is 66.7 Å². The number of nitrogens with one attached hydrogen (secondary N) is 1. The van der Waals surface area contributed by atoms with Crippen LogP contribution < -0.4 is 5.32 Å². The molecular weight excluding hydrogens is 232 g/mol. The Morgan fingerprint density at radius 1 is 1.16 bits per heavy atom. The van der Waals surface area contributed by atoms with E-state index in [0.29, 0.717) is 11.5 Å². The molecule has 2 nitrogen and oxygen atoms in total. The second kappa shape index (κ2) is 7.64. The highest BCUT2D eigenvalue weighted by atomic mass is 15.1. The van der Waals surface area contributed by atoms with Gasteiger partial charge in [0.05, 0.1) is 0 Å². The SMILES string of the molecule is CCC(C)(C)C1CCC(NCCN(C)C(C)C)CC1. The largest absolute Gasteiger partial charge is 0.313 e. The molecule has 1 aliphatic rings. The van der Waals surface area contributed by atoms with Gasteiger partial charge in [-0.1, -0.05) is 27.2 Å². The fourth-order valence-corrected chi connectivity index (χ4v) is 3.07. The van der Waals surface area contributed by atoms with Gasteiger partial charge in [-0.25, -0.2) is 0 Å². The molecule has 0 bridgehead atoms. The van der Waals surface area contributed by atoms with E-state index in [1.54, 1.807) is 0 Å². The van der Waals surface area contributed by atoms with Crippen molar-refractivity contribution in [2.75, 3.05) is 20.1 Å².